The van der Waals surface area contributed by atoms with E-state index in [-0.39, 0.29) is 17.9 Å². The van der Waals surface area contributed by atoms with E-state index in [4.69, 9.17) is 4.52 Å². The summed E-state index contributed by atoms with van der Waals surface area (Å²) in [4.78, 5) is 16.7. The molecule has 0 aliphatic carbocycles. The number of hydrogen-bond donors (Lipinski definition) is 2. The van der Waals surface area contributed by atoms with Crippen LogP contribution < -0.4 is 10.6 Å². The molecule has 0 saturated heterocycles. The highest BCUT2D eigenvalue weighted by Crippen LogP contribution is 2.37. The first-order chi connectivity index (χ1) is 11.1. The number of carbonyl (C=O) groups is 1. The molecule has 0 unspecified atom stereocenters. The molecule has 2 N–H and O–H groups in total. The predicted octanol–water partition coefficient (Wildman–Crippen LogP) is 2.60. The van der Waals surface area contributed by atoms with Crippen molar-refractivity contribution in [3.05, 3.63) is 41.3 Å². The van der Waals surface area contributed by atoms with E-state index in [1.165, 1.54) is 17.8 Å². The van der Waals surface area contributed by atoms with Gasteiger partial charge in [-0.25, -0.2) is 9.18 Å². The molecular weight excluding hydrogens is 319 g/mol. The molecular formula is C15H17FN4O2S. The van der Waals surface area contributed by atoms with Gasteiger partial charge in [0.2, 0.25) is 5.89 Å². The molecule has 0 fully saturated rings. The van der Waals surface area contributed by atoms with Crippen LogP contribution in [0.2, 0.25) is 0 Å². The van der Waals surface area contributed by atoms with Crippen molar-refractivity contribution in [2.75, 3.05) is 12.3 Å². The highest BCUT2D eigenvalue weighted by atomic mass is 32.2. The number of carbonyl (C=O) groups excluding carboxylic acids is 1. The van der Waals surface area contributed by atoms with Crippen LogP contribution in [0.5, 0.6) is 0 Å². The van der Waals surface area contributed by atoms with E-state index >= 15 is 0 Å². The Hall–Kier alpha value is -2.09. The van der Waals surface area contributed by atoms with Crippen LogP contribution in [0.4, 0.5) is 9.18 Å². The summed E-state index contributed by atoms with van der Waals surface area (Å²) in [6, 6.07) is 4.52. The van der Waals surface area contributed by atoms with Crippen molar-refractivity contribution < 1.29 is 13.7 Å². The zero-order chi connectivity index (χ0) is 16.2. The maximum Gasteiger partial charge on any atom is 0.315 e. The number of benzene rings is 1. The van der Waals surface area contributed by atoms with Gasteiger partial charge in [-0.2, -0.15) is 4.98 Å². The molecule has 23 heavy (non-hydrogen) atoms. The predicted molar refractivity (Wildman–Crippen MR) is 83.8 cm³/mol. The van der Waals surface area contributed by atoms with Crippen molar-refractivity contribution in [1.82, 2.24) is 20.8 Å². The maximum absolute atomic E-state index is 13.8. The van der Waals surface area contributed by atoms with Gasteiger partial charge in [-0.1, -0.05) is 17.3 Å². The highest BCUT2D eigenvalue weighted by Gasteiger charge is 2.24. The lowest BCUT2D eigenvalue weighted by molar-refractivity contribution is 0.236. The topological polar surface area (TPSA) is 80.0 Å². The number of halogens is 1. The third-order valence-electron chi connectivity index (χ3n) is 3.53. The lowest BCUT2D eigenvalue weighted by Gasteiger charge is -2.26. The number of amides is 2. The third kappa shape index (κ3) is 3.82. The van der Waals surface area contributed by atoms with Gasteiger partial charge in [-0.05, 0) is 25.0 Å². The van der Waals surface area contributed by atoms with Crippen LogP contribution in [0.1, 0.15) is 29.7 Å². The number of nitrogens with one attached hydrogen (secondary N) is 2. The lowest BCUT2D eigenvalue weighted by Crippen LogP contribution is -2.39. The van der Waals surface area contributed by atoms with Crippen LogP contribution in [0.25, 0.3) is 0 Å². The second-order valence-corrected chi connectivity index (χ2v) is 6.34. The average Bonchev–Trinajstić information content (AvgIpc) is 2.94. The monoisotopic (exact) mass is 336 g/mol. The minimum atomic E-state index is -0.284. The van der Waals surface area contributed by atoms with Gasteiger partial charge in [0.25, 0.3) is 0 Å². The minimum Gasteiger partial charge on any atom is -0.339 e. The van der Waals surface area contributed by atoms with Gasteiger partial charge in [-0.15, -0.1) is 11.8 Å². The molecule has 2 aromatic rings. The second-order valence-electron chi connectivity index (χ2n) is 5.23. The van der Waals surface area contributed by atoms with Crippen molar-refractivity contribution in [1.29, 1.82) is 0 Å². The summed E-state index contributed by atoms with van der Waals surface area (Å²) in [5.41, 5.74) is 0.837. The summed E-state index contributed by atoms with van der Waals surface area (Å²) in [5, 5.41) is 9.34. The maximum atomic E-state index is 13.8. The number of hydrogen-bond acceptors (Lipinski definition) is 5. The van der Waals surface area contributed by atoms with E-state index in [2.05, 4.69) is 20.8 Å². The number of thioether (sulfide) groups is 1. The zero-order valence-corrected chi connectivity index (χ0v) is 13.5. The molecule has 6 nitrogen and oxygen atoms in total. The summed E-state index contributed by atoms with van der Waals surface area (Å²) in [6.07, 6.45) is 1.25. The van der Waals surface area contributed by atoms with Gasteiger partial charge >= 0.3 is 6.03 Å². The Morgan fingerprint density at radius 3 is 3.17 bits per heavy atom. The number of aromatic nitrogens is 2. The summed E-state index contributed by atoms with van der Waals surface area (Å²) in [6.45, 7) is 2.13. The fourth-order valence-corrected chi connectivity index (χ4v) is 3.61. The van der Waals surface area contributed by atoms with Gasteiger partial charge < -0.3 is 15.2 Å². The molecule has 122 valence electrons. The third-order valence-corrected chi connectivity index (χ3v) is 4.68. The van der Waals surface area contributed by atoms with Crippen molar-refractivity contribution in [2.24, 2.45) is 0 Å². The average molecular weight is 336 g/mol. The summed E-state index contributed by atoms with van der Waals surface area (Å²) < 4.78 is 18.8. The quantitative estimate of drug-likeness (QED) is 0.897. The number of rotatable bonds is 4. The van der Waals surface area contributed by atoms with Gasteiger partial charge in [0.05, 0.1) is 6.04 Å². The first-order valence-corrected chi connectivity index (χ1v) is 8.37. The molecule has 0 spiro atoms. The Kier molecular flexibility index (Phi) is 4.80. The van der Waals surface area contributed by atoms with Gasteiger partial charge in [0.1, 0.15) is 5.82 Å². The molecule has 1 aromatic carbocycles. The van der Waals surface area contributed by atoms with E-state index in [0.717, 1.165) is 17.7 Å². The molecule has 1 aliphatic rings. The normalized spacial score (nSPS) is 16.7. The molecule has 3 rings (SSSR count). The van der Waals surface area contributed by atoms with E-state index < -0.39 is 0 Å². The smallest absolute Gasteiger partial charge is 0.315 e. The first kappa shape index (κ1) is 15.8. The summed E-state index contributed by atoms with van der Waals surface area (Å²) in [7, 11) is 0. The van der Waals surface area contributed by atoms with Gasteiger partial charge in [0, 0.05) is 23.6 Å². The Morgan fingerprint density at radius 1 is 1.52 bits per heavy atom. The number of fused-ring (bicyclic) bond motifs is 1. The second kappa shape index (κ2) is 6.99. The van der Waals surface area contributed by atoms with E-state index in [1.54, 1.807) is 13.0 Å². The molecule has 1 aromatic heterocycles. The van der Waals surface area contributed by atoms with Gasteiger partial charge in [0.15, 0.2) is 5.82 Å². The zero-order valence-electron chi connectivity index (χ0n) is 12.6. The molecule has 0 bridgehead atoms. The van der Waals surface area contributed by atoms with Crippen LogP contribution >= 0.6 is 11.8 Å². The lowest BCUT2D eigenvalue weighted by atomic mass is 10.0. The first-order valence-electron chi connectivity index (χ1n) is 7.38. The molecule has 0 radical (unpaired) electrons. The van der Waals surface area contributed by atoms with E-state index in [0.29, 0.717) is 29.6 Å². The Bertz CT molecular complexity index is 707. The largest absolute Gasteiger partial charge is 0.339 e. The molecule has 2 amide bonds. The van der Waals surface area contributed by atoms with E-state index in [1.807, 2.05) is 6.07 Å². The van der Waals surface area contributed by atoms with Crippen LogP contribution in [0, 0.1) is 12.7 Å². The number of aryl methyl sites for hydroxylation is 1. The Labute approximate surface area is 137 Å². The summed E-state index contributed by atoms with van der Waals surface area (Å²) in [5.74, 6) is 1.61. The van der Waals surface area contributed by atoms with Crippen LogP contribution in [0.15, 0.2) is 27.6 Å². The molecule has 1 aliphatic heterocycles. The molecule has 1 atom stereocenters. The van der Waals surface area contributed by atoms with E-state index in [9.17, 15) is 9.18 Å². The standard InChI is InChI=1S/C15H17FN4O2S/c1-9-18-13(22-20-9)5-7-17-15(21)19-12-6-8-23-14-10(12)3-2-4-11(14)16/h2-4,12H,5-8H2,1H3,(H2,17,19,21)/t12-/m1/s1. The van der Waals surface area contributed by atoms with Crippen LogP contribution in [0.3, 0.4) is 0 Å². The fraction of sp³-hybridized carbons (Fsp3) is 0.400. The van der Waals surface area contributed by atoms with Crippen molar-refractivity contribution in [2.45, 2.75) is 30.7 Å². The number of urea groups is 1. The summed E-state index contributed by atoms with van der Waals surface area (Å²) >= 11 is 1.49. The molecule has 2 heterocycles. The highest BCUT2D eigenvalue weighted by molar-refractivity contribution is 7.99. The SMILES string of the molecule is Cc1noc(CCNC(=O)N[C@@H]2CCSc3c(F)cccc32)n1. The van der Waals surface area contributed by atoms with Gasteiger partial charge in [-0.3, -0.25) is 0 Å². The van der Waals surface area contributed by atoms with Crippen molar-refractivity contribution in [3.63, 3.8) is 0 Å². The van der Waals surface area contributed by atoms with Crippen LogP contribution in [-0.2, 0) is 6.42 Å². The van der Waals surface area contributed by atoms with Crippen molar-refractivity contribution >= 4 is 17.8 Å². The van der Waals surface area contributed by atoms with Crippen molar-refractivity contribution in [3.8, 4) is 0 Å². The Balaban J connectivity index is 1.54. The van der Waals surface area contributed by atoms with Crippen LogP contribution in [-0.4, -0.2) is 28.5 Å². The Morgan fingerprint density at radius 2 is 2.39 bits per heavy atom. The fourth-order valence-electron chi connectivity index (χ4n) is 2.47. The molecule has 0 saturated carbocycles. The molecule has 8 heteroatoms. The minimum absolute atomic E-state index is 0.174. The number of nitrogens with zero attached hydrogens (tertiary/aromatic N) is 2.